The topological polar surface area (TPSA) is 65.9 Å². The van der Waals surface area contributed by atoms with Gasteiger partial charge in [-0.25, -0.2) is 4.99 Å². The fourth-order valence-corrected chi connectivity index (χ4v) is 6.00. The number of aliphatic imine (C=N–C) groups is 1. The van der Waals surface area contributed by atoms with Crippen LogP contribution < -0.4 is 9.80 Å². The Bertz CT molecular complexity index is 1810. The van der Waals surface area contributed by atoms with Crippen LogP contribution in [0.5, 0.6) is 0 Å². The fraction of sp³-hybridized carbons (Fsp3) is 0. The lowest BCUT2D eigenvalue weighted by atomic mass is 10.1. The Labute approximate surface area is 241 Å². The van der Waals surface area contributed by atoms with Gasteiger partial charge >= 0.3 is 0 Å². The maximum Gasteiger partial charge on any atom is 0.282 e. The lowest BCUT2D eigenvalue weighted by Crippen LogP contribution is -2.33. The number of benzene rings is 4. The first-order chi connectivity index (χ1) is 20.2. The first-order valence-electron chi connectivity index (χ1n) is 13.1. The second kappa shape index (κ2) is 10.4. The third kappa shape index (κ3) is 4.52. The number of amidine groups is 1. The SMILES string of the molecule is O=C1/C(=C/c2ccccn2)N=C(c2ccccc2)N1c1ccc(C(=O)N2c3ccccc3Sc3ccccc32)cc1. The van der Waals surface area contributed by atoms with Crippen molar-refractivity contribution in [2.24, 2.45) is 4.99 Å². The molecular formula is C34H22N4O2S. The molecule has 0 spiro atoms. The van der Waals surface area contributed by atoms with Gasteiger partial charge in [0.1, 0.15) is 11.5 Å². The van der Waals surface area contributed by atoms with Crippen LogP contribution in [0.15, 0.2) is 148 Å². The number of anilines is 3. The summed E-state index contributed by atoms with van der Waals surface area (Å²) in [6, 6.07) is 38.1. The van der Waals surface area contributed by atoms with Gasteiger partial charge in [-0.2, -0.15) is 0 Å². The molecule has 0 aliphatic carbocycles. The number of carbonyl (C=O) groups excluding carboxylic acids is 2. The molecule has 0 bridgehead atoms. The lowest BCUT2D eigenvalue weighted by molar-refractivity contribution is -0.113. The highest BCUT2D eigenvalue weighted by Crippen LogP contribution is 2.48. The molecule has 0 radical (unpaired) electrons. The maximum atomic E-state index is 14.0. The van der Waals surface area contributed by atoms with Crippen molar-refractivity contribution in [1.29, 1.82) is 0 Å². The van der Waals surface area contributed by atoms with Crippen LogP contribution in [0.1, 0.15) is 21.6 Å². The standard InChI is InChI=1S/C34H22N4O2S/c39-33(38-28-13-4-6-15-30(28)41-31-16-7-5-14-29(31)38)24-17-19-26(20-18-24)37-32(23-10-2-1-3-11-23)36-27(34(37)40)22-25-12-8-9-21-35-25/h1-22H/b27-22-. The first kappa shape index (κ1) is 24.7. The Hall–Kier alpha value is -5.27. The summed E-state index contributed by atoms with van der Waals surface area (Å²) >= 11 is 1.66. The second-order valence-corrected chi connectivity index (χ2v) is 10.5. The highest BCUT2D eigenvalue weighted by atomic mass is 32.2. The average Bonchev–Trinajstić information content (AvgIpc) is 3.35. The van der Waals surface area contributed by atoms with Gasteiger partial charge in [-0.15, -0.1) is 0 Å². The number of rotatable bonds is 4. The monoisotopic (exact) mass is 550 g/mol. The van der Waals surface area contributed by atoms with Crippen molar-refractivity contribution >= 4 is 52.6 Å². The van der Waals surface area contributed by atoms with Gasteiger partial charge in [-0.05, 0) is 66.7 Å². The van der Waals surface area contributed by atoms with E-state index in [-0.39, 0.29) is 11.8 Å². The molecule has 41 heavy (non-hydrogen) atoms. The van der Waals surface area contributed by atoms with Crippen molar-refractivity contribution in [2.45, 2.75) is 9.79 Å². The third-order valence-electron chi connectivity index (χ3n) is 6.87. The summed E-state index contributed by atoms with van der Waals surface area (Å²) in [6.07, 6.45) is 3.37. The molecule has 2 aliphatic heterocycles. The molecule has 0 saturated heterocycles. The van der Waals surface area contributed by atoms with Gasteiger partial charge < -0.3 is 0 Å². The fourth-order valence-electron chi connectivity index (χ4n) is 4.94. The van der Waals surface area contributed by atoms with Crippen LogP contribution >= 0.6 is 11.8 Å². The predicted molar refractivity (Wildman–Crippen MR) is 163 cm³/mol. The summed E-state index contributed by atoms with van der Waals surface area (Å²) in [7, 11) is 0. The number of amides is 2. The second-order valence-electron chi connectivity index (χ2n) is 9.45. The molecule has 5 aromatic rings. The summed E-state index contributed by atoms with van der Waals surface area (Å²) in [4.78, 5) is 42.1. The molecule has 7 heteroatoms. The van der Waals surface area contributed by atoms with E-state index in [1.807, 2.05) is 97.1 Å². The van der Waals surface area contributed by atoms with Crippen LogP contribution in [0, 0.1) is 0 Å². The molecule has 0 saturated carbocycles. The van der Waals surface area contributed by atoms with Crippen molar-refractivity contribution < 1.29 is 9.59 Å². The molecule has 4 aromatic carbocycles. The molecule has 2 aliphatic rings. The van der Waals surface area contributed by atoms with Gasteiger partial charge in [-0.3, -0.25) is 24.4 Å². The van der Waals surface area contributed by atoms with Gasteiger partial charge in [0.2, 0.25) is 0 Å². The van der Waals surface area contributed by atoms with Crippen molar-refractivity contribution in [1.82, 2.24) is 4.98 Å². The molecule has 2 amide bonds. The molecule has 0 N–H and O–H groups in total. The smallest absolute Gasteiger partial charge is 0.275 e. The largest absolute Gasteiger partial charge is 0.282 e. The number of pyridine rings is 1. The number of para-hydroxylation sites is 2. The zero-order valence-corrected chi connectivity index (χ0v) is 22.5. The predicted octanol–water partition coefficient (Wildman–Crippen LogP) is 7.36. The van der Waals surface area contributed by atoms with E-state index in [1.54, 1.807) is 58.1 Å². The molecular weight excluding hydrogens is 528 g/mol. The van der Waals surface area contributed by atoms with E-state index in [0.717, 1.165) is 26.7 Å². The van der Waals surface area contributed by atoms with E-state index in [2.05, 4.69) is 4.98 Å². The molecule has 6 nitrogen and oxygen atoms in total. The number of nitrogens with zero attached hydrogens (tertiary/aromatic N) is 4. The van der Waals surface area contributed by atoms with Gasteiger partial charge in [0, 0.05) is 27.1 Å². The highest BCUT2D eigenvalue weighted by Gasteiger charge is 2.33. The number of hydrogen-bond acceptors (Lipinski definition) is 5. The van der Waals surface area contributed by atoms with Crippen LogP contribution in [0.25, 0.3) is 6.08 Å². The van der Waals surface area contributed by atoms with Crippen molar-refractivity contribution in [3.05, 3.63) is 150 Å². The Balaban J connectivity index is 1.25. The van der Waals surface area contributed by atoms with Crippen molar-refractivity contribution in [3.63, 3.8) is 0 Å². The summed E-state index contributed by atoms with van der Waals surface area (Å²) in [5, 5.41) is 0. The first-order valence-corrected chi connectivity index (χ1v) is 13.9. The zero-order valence-electron chi connectivity index (χ0n) is 21.7. The normalized spacial score (nSPS) is 15.0. The molecule has 7 rings (SSSR count). The molecule has 196 valence electrons. The lowest BCUT2D eigenvalue weighted by Gasteiger charge is -2.31. The highest BCUT2D eigenvalue weighted by molar-refractivity contribution is 7.99. The van der Waals surface area contributed by atoms with E-state index in [1.165, 1.54) is 0 Å². The van der Waals surface area contributed by atoms with Gasteiger partial charge in [-0.1, -0.05) is 72.4 Å². The molecule has 3 heterocycles. The quantitative estimate of drug-likeness (QED) is 0.219. The van der Waals surface area contributed by atoms with Gasteiger partial charge in [0.25, 0.3) is 11.8 Å². The minimum Gasteiger partial charge on any atom is -0.275 e. The van der Waals surface area contributed by atoms with E-state index in [9.17, 15) is 9.59 Å². The number of carbonyl (C=O) groups is 2. The van der Waals surface area contributed by atoms with Crippen LogP contribution in [0.4, 0.5) is 17.1 Å². The Morgan fingerprint density at radius 1 is 0.707 bits per heavy atom. The van der Waals surface area contributed by atoms with Crippen LogP contribution in [-0.4, -0.2) is 22.6 Å². The average molecular weight is 551 g/mol. The van der Waals surface area contributed by atoms with E-state index >= 15 is 0 Å². The summed E-state index contributed by atoms with van der Waals surface area (Å²) < 4.78 is 0. The Morgan fingerprint density at radius 2 is 1.34 bits per heavy atom. The van der Waals surface area contributed by atoms with Crippen LogP contribution in [-0.2, 0) is 4.79 Å². The maximum absolute atomic E-state index is 14.0. The molecule has 0 atom stereocenters. The van der Waals surface area contributed by atoms with Crippen molar-refractivity contribution in [3.8, 4) is 0 Å². The minimum absolute atomic E-state index is 0.141. The number of fused-ring (bicyclic) bond motifs is 2. The summed E-state index contributed by atoms with van der Waals surface area (Å²) in [5.41, 5.74) is 4.58. The minimum atomic E-state index is -0.260. The van der Waals surface area contributed by atoms with E-state index in [0.29, 0.717) is 28.5 Å². The van der Waals surface area contributed by atoms with Crippen molar-refractivity contribution in [2.75, 3.05) is 9.80 Å². The Morgan fingerprint density at radius 3 is 2.00 bits per heavy atom. The van der Waals surface area contributed by atoms with Crippen LogP contribution in [0.3, 0.4) is 0 Å². The zero-order chi connectivity index (χ0) is 27.8. The van der Waals surface area contributed by atoms with E-state index in [4.69, 9.17) is 4.99 Å². The van der Waals surface area contributed by atoms with Gasteiger partial charge in [0.15, 0.2) is 0 Å². The summed E-state index contributed by atoms with van der Waals surface area (Å²) in [6.45, 7) is 0. The van der Waals surface area contributed by atoms with Crippen LogP contribution in [0.2, 0.25) is 0 Å². The number of aromatic nitrogens is 1. The molecule has 1 aromatic heterocycles. The van der Waals surface area contributed by atoms with E-state index < -0.39 is 0 Å². The number of hydrogen-bond donors (Lipinski definition) is 0. The summed E-state index contributed by atoms with van der Waals surface area (Å²) in [5.74, 6) is 0.120. The Kier molecular flexibility index (Phi) is 6.26. The molecule has 0 fully saturated rings. The van der Waals surface area contributed by atoms with Gasteiger partial charge in [0.05, 0.1) is 22.8 Å². The third-order valence-corrected chi connectivity index (χ3v) is 8.00. The molecule has 0 unspecified atom stereocenters.